The van der Waals surface area contributed by atoms with E-state index in [1.165, 1.54) is 5.56 Å². The Morgan fingerprint density at radius 2 is 1.68 bits per heavy atom. The number of allylic oxidation sites excluding steroid dienone is 2. The molecule has 3 rings (SSSR count). The normalized spacial score (nSPS) is 20.0. The summed E-state index contributed by atoms with van der Waals surface area (Å²) in [5.74, 6) is -1.34. The second kappa shape index (κ2) is 9.97. The van der Waals surface area contributed by atoms with Crippen LogP contribution in [0.25, 0.3) is 11.1 Å². The summed E-state index contributed by atoms with van der Waals surface area (Å²) in [4.78, 5) is 0. The van der Waals surface area contributed by atoms with Crippen LogP contribution in [0.4, 0.5) is 8.78 Å². The van der Waals surface area contributed by atoms with E-state index >= 15 is 0 Å². The highest BCUT2D eigenvalue weighted by Crippen LogP contribution is 2.37. The molecule has 0 heterocycles. The molecule has 1 saturated carbocycles. The highest BCUT2D eigenvalue weighted by molar-refractivity contribution is 5.65. The number of hydrogen-bond acceptors (Lipinski definition) is 1. The average Bonchev–Trinajstić information content (AvgIpc) is 2.72. The van der Waals surface area contributed by atoms with E-state index in [2.05, 4.69) is 6.08 Å². The Balaban J connectivity index is 1.73. The molecule has 1 aliphatic rings. The van der Waals surface area contributed by atoms with Crippen LogP contribution in [0.2, 0.25) is 0 Å². The molecule has 3 heteroatoms. The van der Waals surface area contributed by atoms with E-state index in [-0.39, 0.29) is 12.0 Å². The molecule has 0 aliphatic heterocycles. The Kier molecular flexibility index (Phi) is 7.38. The quantitative estimate of drug-likeness (QED) is 0.459. The maximum Gasteiger partial charge on any atom is 0.166 e. The number of ether oxygens (including phenoxy) is 1. The summed E-state index contributed by atoms with van der Waals surface area (Å²) in [6.07, 6.45) is 9.89. The molecule has 1 aliphatic carbocycles. The minimum absolute atomic E-state index is 0.0780. The fourth-order valence-electron chi connectivity index (χ4n) is 4.15. The Bertz CT molecular complexity index is 787. The Morgan fingerprint density at radius 3 is 2.32 bits per heavy atom. The molecule has 2 aromatic carbocycles. The first-order chi connectivity index (χ1) is 13.6. The topological polar surface area (TPSA) is 9.23 Å². The van der Waals surface area contributed by atoms with Crippen LogP contribution in [0, 0.1) is 11.6 Å². The average molecular weight is 385 g/mol. The molecule has 2 aromatic rings. The molecule has 0 bridgehead atoms. The zero-order chi connectivity index (χ0) is 19.9. The molecule has 150 valence electrons. The van der Waals surface area contributed by atoms with Crippen LogP contribution in [0.1, 0.15) is 63.0 Å². The maximum absolute atomic E-state index is 14.8. The molecule has 1 nitrogen and oxygen atoms in total. The SMILES string of the molecule is C/C=C/CCc1ccc(-c2ccc(C3CCC(OCC)CC3)c(F)c2F)cc1. The van der Waals surface area contributed by atoms with Crippen molar-refractivity contribution in [2.75, 3.05) is 6.61 Å². The lowest BCUT2D eigenvalue weighted by Crippen LogP contribution is -2.21. The molecule has 0 radical (unpaired) electrons. The Hall–Kier alpha value is -2.00. The molecular weight excluding hydrogens is 354 g/mol. The lowest BCUT2D eigenvalue weighted by atomic mass is 9.82. The van der Waals surface area contributed by atoms with E-state index in [9.17, 15) is 8.78 Å². The van der Waals surface area contributed by atoms with Crippen LogP contribution < -0.4 is 0 Å². The number of benzene rings is 2. The number of hydrogen-bond donors (Lipinski definition) is 0. The zero-order valence-electron chi connectivity index (χ0n) is 16.9. The molecular formula is C25H30F2O. The number of rotatable bonds is 7. The third-order valence-corrected chi connectivity index (χ3v) is 5.73. The fraction of sp³-hybridized carbons (Fsp3) is 0.440. The molecule has 0 spiro atoms. The van der Waals surface area contributed by atoms with Crippen LogP contribution in [0.3, 0.4) is 0 Å². The van der Waals surface area contributed by atoms with Crippen molar-refractivity contribution < 1.29 is 13.5 Å². The van der Waals surface area contributed by atoms with Crippen molar-refractivity contribution in [3.63, 3.8) is 0 Å². The van der Waals surface area contributed by atoms with Gasteiger partial charge in [-0.15, -0.1) is 0 Å². The summed E-state index contributed by atoms with van der Waals surface area (Å²) >= 11 is 0. The standard InChI is InChI=1S/C25H30F2O/c1-3-5-6-7-18-8-10-19(11-9-18)22-16-17-23(25(27)24(22)26)20-12-14-21(15-13-20)28-4-2/h3,5,8-11,16-17,20-21H,4,6-7,12-15H2,1-2H3/b5-3+. The Morgan fingerprint density at radius 1 is 0.964 bits per heavy atom. The van der Waals surface area contributed by atoms with Gasteiger partial charge in [0.2, 0.25) is 0 Å². The first-order valence-electron chi connectivity index (χ1n) is 10.4. The van der Waals surface area contributed by atoms with Crippen molar-refractivity contribution in [1.29, 1.82) is 0 Å². The van der Waals surface area contributed by atoms with Crippen LogP contribution in [0.5, 0.6) is 0 Å². The molecule has 0 atom stereocenters. The lowest BCUT2D eigenvalue weighted by Gasteiger charge is -2.29. The molecule has 1 fully saturated rings. The van der Waals surface area contributed by atoms with Crippen molar-refractivity contribution in [1.82, 2.24) is 0 Å². The van der Waals surface area contributed by atoms with Crippen LogP contribution in [0.15, 0.2) is 48.6 Å². The van der Waals surface area contributed by atoms with Gasteiger partial charge in [-0.1, -0.05) is 48.6 Å². The highest BCUT2D eigenvalue weighted by atomic mass is 19.2. The third kappa shape index (κ3) is 4.88. The lowest BCUT2D eigenvalue weighted by molar-refractivity contribution is 0.0325. The zero-order valence-corrected chi connectivity index (χ0v) is 16.9. The minimum Gasteiger partial charge on any atom is -0.379 e. The minimum atomic E-state index is -0.730. The highest BCUT2D eigenvalue weighted by Gasteiger charge is 2.26. The predicted molar refractivity (Wildman–Crippen MR) is 112 cm³/mol. The van der Waals surface area contributed by atoms with E-state index in [0.717, 1.165) is 44.1 Å². The predicted octanol–water partition coefficient (Wildman–Crippen LogP) is 7.20. The van der Waals surface area contributed by atoms with Crippen molar-refractivity contribution in [2.24, 2.45) is 0 Å². The van der Waals surface area contributed by atoms with Gasteiger partial charge in [0, 0.05) is 12.2 Å². The molecule has 28 heavy (non-hydrogen) atoms. The van der Waals surface area contributed by atoms with Gasteiger partial charge in [-0.25, -0.2) is 8.78 Å². The number of aryl methyl sites for hydroxylation is 1. The van der Waals surface area contributed by atoms with Gasteiger partial charge in [0.05, 0.1) is 6.10 Å². The van der Waals surface area contributed by atoms with Gasteiger partial charge in [-0.2, -0.15) is 0 Å². The summed E-state index contributed by atoms with van der Waals surface area (Å²) in [7, 11) is 0. The van der Waals surface area contributed by atoms with Gasteiger partial charge < -0.3 is 4.74 Å². The van der Waals surface area contributed by atoms with E-state index in [0.29, 0.717) is 17.7 Å². The largest absolute Gasteiger partial charge is 0.379 e. The van der Waals surface area contributed by atoms with E-state index in [4.69, 9.17) is 4.74 Å². The molecule has 0 aromatic heterocycles. The smallest absolute Gasteiger partial charge is 0.166 e. The first kappa shape index (κ1) is 20.7. The summed E-state index contributed by atoms with van der Waals surface area (Å²) in [6, 6.07) is 11.3. The molecule has 0 unspecified atom stereocenters. The van der Waals surface area contributed by atoms with E-state index < -0.39 is 11.6 Å². The van der Waals surface area contributed by atoms with Crippen molar-refractivity contribution in [2.45, 2.75) is 64.4 Å². The van der Waals surface area contributed by atoms with E-state index in [1.807, 2.05) is 44.2 Å². The molecule has 0 N–H and O–H groups in total. The van der Waals surface area contributed by atoms with Gasteiger partial charge >= 0.3 is 0 Å². The van der Waals surface area contributed by atoms with Gasteiger partial charge in [-0.3, -0.25) is 0 Å². The number of halogens is 2. The summed E-state index contributed by atoms with van der Waals surface area (Å²) in [5, 5.41) is 0. The summed E-state index contributed by atoms with van der Waals surface area (Å²) < 4.78 is 35.4. The van der Waals surface area contributed by atoms with Crippen molar-refractivity contribution in [3.05, 3.63) is 71.3 Å². The van der Waals surface area contributed by atoms with Crippen molar-refractivity contribution in [3.8, 4) is 11.1 Å². The summed E-state index contributed by atoms with van der Waals surface area (Å²) in [5.41, 5.74) is 2.77. The van der Waals surface area contributed by atoms with Gasteiger partial charge in [0.1, 0.15) is 0 Å². The molecule has 0 amide bonds. The fourth-order valence-corrected chi connectivity index (χ4v) is 4.15. The van der Waals surface area contributed by atoms with Gasteiger partial charge in [-0.05, 0) is 75.0 Å². The van der Waals surface area contributed by atoms with E-state index in [1.54, 1.807) is 12.1 Å². The second-order valence-corrected chi connectivity index (χ2v) is 7.56. The van der Waals surface area contributed by atoms with Crippen molar-refractivity contribution >= 4 is 0 Å². The second-order valence-electron chi connectivity index (χ2n) is 7.56. The monoisotopic (exact) mass is 384 g/mol. The van der Waals surface area contributed by atoms with Crippen LogP contribution >= 0.6 is 0 Å². The van der Waals surface area contributed by atoms with Gasteiger partial charge in [0.15, 0.2) is 11.6 Å². The molecule has 0 saturated heterocycles. The van der Waals surface area contributed by atoms with Crippen LogP contribution in [-0.2, 0) is 11.2 Å². The Labute approximate surface area is 167 Å². The first-order valence-corrected chi connectivity index (χ1v) is 10.4. The van der Waals surface area contributed by atoms with Gasteiger partial charge in [0.25, 0.3) is 0 Å². The summed E-state index contributed by atoms with van der Waals surface area (Å²) in [6.45, 7) is 4.71. The third-order valence-electron chi connectivity index (χ3n) is 5.73. The van der Waals surface area contributed by atoms with Crippen LogP contribution in [-0.4, -0.2) is 12.7 Å². The maximum atomic E-state index is 14.8.